The van der Waals surface area contributed by atoms with Crippen LogP contribution in [-0.4, -0.2) is 31.0 Å². The van der Waals surface area contributed by atoms with Crippen molar-refractivity contribution in [1.82, 2.24) is 0 Å². The highest BCUT2D eigenvalue weighted by Gasteiger charge is 2.51. The van der Waals surface area contributed by atoms with Crippen LogP contribution in [0.5, 0.6) is 17.2 Å². The van der Waals surface area contributed by atoms with Gasteiger partial charge in [0, 0.05) is 6.07 Å². The molecule has 150 valence electrons. The van der Waals surface area contributed by atoms with Gasteiger partial charge in [0.05, 0.1) is 13.0 Å². The smallest absolute Gasteiger partial charge is 0.421 e. The molecular weight excluding hydrogens is 377 g/mol. The number of carbonyl (C=O) groups excluding carboxylic acids is 1. The van der Waals surface area contributed by atoms with Gasteiger partial charge in [-0.05, 0) is 42.7 Å². The number of rotatable bonds is 4. The molecule has 2 aromatic carbocycles. The van der Waals surface area contributed by atoms with E-state index in [9.17, 15) is 23.1 Å². The average molecular weight is 396 g/mol. The largest absolute Gasteiger partial charge is 0.497 e. The highest BCUT2D eigenvalue weighted by molar-refractivity contribution is 5.76. The number of alkyl halides is 3. The number of benzene rings is 2. The van der Waals surface area contributed by atoms with E-state index < -0.39 is 23.7 Å². The molecule has 2 aromatic rings. The molecule has 0 spiro atoms. The number of esters is 1. The van der Waals surface area contributed by atoms with Crippen LogP contribution in [0.1, 0.15) is 18.1 Å². The first-order chi connectivity index (χ1) is 13.1. The summed E-state index contributed by atoms with van der Waals surface area (Å²) in [5, 5.41) is 9.67. The van der Waals surface area contributed by atoms with Crippen molar-refractivity contribution in [2.45, 2.75) is 25.1 Å². The van der Waals surface area contributed by atoms with Crippen molar-refractivity contribution in [2.24, 2.45) is 5.92 Å². The van der Waals surface area contributed by atoms with Crippen molar-refractivity contribution in [3.63, 3.8) is 0 Å². The van der Waals surface area contributed by atoms with E-state index in [1.807, 2.05) is 6.07 Å². The lowest BCUT2D eigenvalue weighted by Gasteiger charge is -2.27. The van der Waals surface area contributed by atoms with Crippen LogP contribution in [-0.2, 0) is 16.8 Å². The second kappa shape index (κ2) is 7.35. The Morgan fingerprint density at radius 3 is 2.39 bits per heavy atom. The molecule has 0 aliphatic carbocycles. The van der Waals surface area contributed by atoms with Crippen LogP contribution in [0.2, 0.25) is 0 Å². The second-order valence-corrected chi connectivity index (χ2v) is 6.70. The van der Waals surface area contributed by atoms with Gasteiger partial charge in [-0.25, -0.2) is 0 Å². The van der Waals surface area contributed by atoms with E-state index in [0.29, 0.717) is 24.8 Å². The Labute approximate surface area is 159 Å². The Bertz CT molecular complexity index is 859. The summed E-state index contributed by atoms with van der Waals surface area (Å²) in [6.07, 6.45) is -4.40. The van der Waals surface area contributed by atoms with Crippen molar-refractivity contribution < 1.29 is 37.3 Å². The van der Waals surface area contributed by atoms with Crippen LogP contribution in [0.25, 0.3) is 0 Å². The minimum Gasteiger partial charge on any atom is -0.497 e. The number of halogens is 3. The van der Waals surface area contributed by atoms with Gasteiger partial charge in [-0.15, -0.1) is 0 Å². The summed E-state index contributed by atoms with van der Waals surface area (Å²) in [5.74, 6) is 0.291. The molecule has 1 aliphatic rings. The molecule has 0 bridgehead atoms. The first-order valence-electron chi connectivity index (χ1n) is 8.53. The number of fused-ring (bicyclic) bond motifs is 1. The maximum absolute atomic E-state index is 12.9. The lowest BCUT2D eigenvalue weighted by atomic mass is 9.95. The van der Waals surface area contributed by atoms with Gasteiger partial charge in [0.15, 0.2) is 5.60 Å². The topological polar surface area (TPSA) is 65.0 Å². The van der Waals surface area contributed by atoms with E-state index in [-0.39, 0.29) is 17.9 Å². The molecule has 2 atom stereocenters. The Morgan fingerprint density at radius 1 is 1.14 bits per heavy atom. The van der Waals surface area contributed by atoms with Crippen LogP contribution in [0.3, 0.4) is 0 Å². The molecule has 28 heavy (non-hydrogen) atoms. The highest BCUT2D eigenvalue weighted by atomic mass is 19.4. The summed E-state index contributed by atoms with van der Waals surface area (Å²) in [6.45, 7) is 0.791. The molecule has 0 unspecified atom stereocenters. The maximum atomic E-state index is 12.9. The Balaban J connectivity index is 1.67. The van der Waals surface area contributed by atoms with Gasteiger partial charge in [0.2, 0.25) is 0 Å². The third-order valence-electron chi connectivity index (χ3n) is 4.70. The molecule has 0 aromatic heterocycles. The monoisotopic (exact) mass is 396 g/mol. The van der Waals surface area contributed by atoms with Gasteiger partial charge in [-0.1, -0.05) is 18.2 Å². The molecule has 1 heterocycles. The molecule has 3 rings (SSSR count). The molecule has 5 nitrogen and oxygen atoms in total. The van der Waals surface area contributed by atoms with Gasteiger partial charge < -0.3 is 19.3 Å². The number of hydrogen-bond acceptors (Lipinski definition) is 5. The lowest BCUT2D eigenvalue weighted by molar-refractivity contribution is -0.258. The molecular formula is C20H19F3O5. The third-order valence-corrected chi connectivity index (χ3v) is 4.70. The standard InChI is InChI=1S/C20H19F3O5/c1-19(25,20(21,22)23)14-4-7-15(8-5-14)28-18(24)13-9-12-3-6-16(26-2)10-17(12)27-11-13/h3-8,10,13,25H,9,11H2,1-2H3/t13-,19+/m1/s1. The van der Waals surface area contributed by atoms with E-state index in [2.05, 4.69) is 0 Å². The van der Waals surface area contributed by atoms with E-state index >= 15 is 0 Å². The third kappa shape index (κ3) is 3.91. The van der Waals surface area contributed by atoms with E-state index in [0.717, 1.165) is 17.7 Å². The Kier molecular flexibility index (Phi) is 5.25. The van der Waals surface area contributed by atoms with Gasteiger partial charge in [-0.3, -0.25) is 4.79 Å². The van der Waals surface area contributed by atoms with Crippen LogP contribution >= 0.6 is 0 Å². The summed E-state index contributed by atoms with van der Waals surface area (Å²) in [6, 6.07) is 9.90. The fraction of sp³-hybridized carbons (Fsp3) is 0.350. The number of ether oxygens (including phenoxy) is 3. The number of aliphatic hydroxyl groups is 1. The van der Waals surface area contributed by atoms with Crippen molar-refractivity contribution in [3.8, 4) is 17.2 Å². The fourth-order valence-corrected chi connectivity index (χ4v) is 2.84. The molecule has 0 saturated carbocycles. The zero-order chi connectivity index (χ0) is 20.5. The summed E-state index contributed by atoms with van der Waals surface area (Å²) in [4.78, 5) is 12.4. The van der Waals surface area contributed by atoms with Gasteiger partial charge in [0.25, 0.3) is 0 Å². The van der Waals surface area contributed by atoms with Crippen LogP contribution < -0.4 is 14.2 Å². The quantitative estimate of drug-likeness (QED) is 0.632. The number of carbonyl (C=O) groups is 1. The zero-order valence-electron chi connectivity index (χ0n) is 15.2. The van der Waals surface area contributed by atoms with E-state index in [4.69, 9.17) is 14.2 Å². The summed E-state index contributed by atoms with van der Waals surface area (Å²) < 4.78 is 54.6. The minimum atomic E-state index is -4.82. The first-order valence-corrected chi connectivity index (χ1v) is 8.53. The molecule has 1 aliphatic heterocycles. The molecule has 8 heteroatoms. The van der Waals surface area contributed by atoms with Crippen LogP contribution in [0, 0.1) is 5.92 Å². The molecule has 0 fully saturated rings. The average Bonchev–Trinajstić information content (AvgIpc) is 2.66. The molecule has 1 N–H and O–H groups in total. The van der Waals surface area contributed by atoms with Gasteiger partial charge in [-0.2, -0.15) is 13.2 Å². The zero-order valence-corrected chi connectivity index (χ0v) is 15.2. The number of methoxy groups -OCH3 is 1. The summed E-state index contributed by atoms with van der Waals surface area (Å²) in [5.41, 5.74) is -2.49. The Morgan fingerprint density at radius 2 is 1.79 bits per heavy atom. The summed E-state index contributed by atoms with van der Waals surface area (Å²) >= 11 is 0. The molecule has 0 amide bonds. The van der Waals surface area contributed by atoms with Crippen molar-refractivity contribution >= 4 is 5.97 Å². The van der Waals surface area contributed by atoms with Gasteiger partial charge >= 0.3 is 12.1 Å². The van der Waals surface area contributed by atoms with E-state index in [1.54, 1.807) is 19.2 Å². The number of hydrogen-bond donors (Lipinski definition) is 1. The van der Waals surface area contributed by atoms with Crippen molar-refractivity contribution in [2.75, 3.05) is 13.7 Å². The highest BCUT2D eigenvalue weighted by Crippen LogP contribution is 2.39. The lowest BCUT2D eigenvalue weighted by Crippen LogP contribution is -2.39. The normalized spacial score (nSPS) is 18.4. The van der Waals surface area contributed by atoms with Crippen molar-refractivity contribution in [3.05, 3.63) is 53.6 Å². The SMILES string of the molecule is COc1ccc2c(c1)OC[C@H](C(=O)Oc1ccc([C@](C)(O)C(F)(F)F)cc1)C2. The predicted octanol–water partition coefficient (Wildman–Crippen LogP) is 3.62. The maximum Gasteiger partial charge on any atom is 0.421 e. The van der Waals surface area contributed by atoms with E-state index in [1.165, 1.54) is 12.1 Å². The van der Waals surface area contributed by atoms with Gasteiger partial charge in [0.1, 0.15) is 23.9 Å². The van der Waals surface area contributed by atoms with Crippen LogP contribution in [0.4, 0.5) is 13.2 Å². The van der Waals surface area contributed by atoms with Crippen LogP contribution in [0.15, 0.2) is 42.5 Å². The second-order valence-electron chi connectivity index (χ2n) is 6.70. The predicted molar refractivity (Wildman–Crippen MR) is 93.4 cm³/mol. The van der Waals surface area contributed by atoms with Crippen molar-refractivity contribution in [1.29, 1.82) is 0 Å². The minimum absolute atomic E-state index is 0.0900. The fourth-order valence-electron chi connectivity index (χ4n) is 2.84. The molecule has 0 saturated heterocycles. The summed E-state index contributed by atoms with van der Waals surface area (Å²) in [7, 11) is 1.55. The molecule has 0 radical (unpaired) electrons. The first kappa shape index (κ1) is 20.0. The Hall–Kier alpha value is -2.74.